The molecule has 0 aliphatic rings. The van der Waals surface area contributed by atoms with Crippen LogP contribution in [0, 0.1) is 0 Å². The minimum absolute atomic E-state index is 0.590. The molecule has 7 nitrogen and oxygen atoms in total. The number of anilines is 1. The van der Waals surface area contributed by atoms with Crippen molar-refractivity contribution < 1.29 is 14.2 Å². The Labute approximate surface area is 186 Å². The van der Waals surface area contributed by atoms with Crippen molar-refractivity contribution in [2.45, 2.75) is 26.4 Å². The van der Waals surface area contributed by atoms with Gasteiger partial charge in [0.1, 0.15) is 5.75 Å². The Kier molecular flexibility index (Phi) is 11.9. The molecule has 170 valence electrons. The van der Waals surface area contributed by atoms with E-state index in [1.165, 1.54) is 5.56 Å². The Balaban J connectivity index is 1.90. The Morgan fingerprint density at radius 1 is 0.871 bits per heavy atom. The molecule has 0 radical (unpaired) electrons. The molecule has 0 atom stereocenters. The maximum atomic E-state index is 5.42. The van der Waals surface area contributed by atoms with Crippen LogP contribution in [-0.4, -0.2) is 53.1 Å². The first-order valence-corrected chi connectivity index (χ1v) is 10.8. The van der Waals surface area contributed by atoms with Crippen molar-refractivity contribution in [2.75, 3.05) is 52.4 Å². The summed E-state index contributed by atoms with van der Waals surface area (Å²) >= 11 is 0. The highest BCUT2D eigenvalue weighted by atomic mass is 16.5. The van der Waals surface area contributed by atoms with Gasteiger partial charge in [-0.05, 0) is 48.7 Å². The molecule has 2 rings (SSSR count). The summed E-state index contributed by atoms with van der Waals surface area (Å²) in [5, 5.41) is 10.1. The molecule has 0 aromatic heterocycles. The summed E-state index contributed by atoms with van der Waals surface area (Å²) in [5.74, 6) is 1.63. The van der Waals surface area contributed by atoms with Gasteiger partial charge in [-0.1, -0.05) is 24.3 Å². The van der Waals surface area contributed by atoms with E-state index in [-0.39, 0.29) is 0 Å². The molecular weight excluding hydrogens is 392 g/mol. The molecule has 31 heavy (non-hydrogen) atoms. The molecule has 7 heteroatoms. The Morgan fingerprint density at radius 2 is 1.61 bits per heavy atom. The van der Waals surface area contributed by atoms with Gasteiger partial charge >= 0.3 is 0 Å². The number of benzene rings is 2. The molecule has 0 unspecified atom stereocenters. The molecule has 0 spiro atoms. The van der Waals surface area contributed by atoms with E-state index in [2.05, 4.69) is 40.2 Å². The van der Waals surface area contributed by atoms with Gasteiger partial charge in [-0.25, -0.2) is 4.99 Å². The summed E-state index contributed by atoms with van der Waals surface area (Å²) in [4.78, 5) is 4.74. The fourth-order valence-corrected chi connectivity index (χ4v) is 2.82. The normalized spacial score (nSPS) is 11.3. The Bertz CT molecular complexity index is 748. The second-order valence-corrected chi connectivity index (χ2v) is 6.96. The minimum atomic E-state index is 0.590. The van der Waals surface area contributed by atoms with Crippen LogP contribution < -0.4 is 20.7 Å². The van der Waals surface area contributed by atoms with Crippen molar-refractivity contribution in [1.82, 2.24) is 10.6 Å². The largest absolute Gasteiger partial charge is 0.497 e. The molecule has 0 saturated heterocycles. The SMILES string of the molecule is CCOCCCNC(=NCc1ccc(OC)cc1)NCc1ccc(NCCOC)cc1. The van der Waals surface area contributed by atoms with Gasteiger partial charge in [0.15, 0.2) is 5.96 Å². The second kappa shape index (κ2) is 15.1. The number of guanidine groups is 1. The van der Waals surface area contributed by atoms with Crippen LogP contribution in [0.3, 0.4) is 0 Å². The van der Waals surface area contributed by atoms with Gasteiger partial charge in [0.25, 0.3) is 0 Å². The summed E-state index contributed by atoms with van der Waals surface area (Å²) in [7, 11) is 3.37. The first kappa shape index (κ1) is 24.5. The fraction of sp³-hybridized carbons (Fsp3) is 0.458. The number of hydrogen-bond acceptors (Lipinski definition) is 5. The first-order chi connectivity index (χ1) is 15.2. The summed E-state index contributed by atoms with van der Waals surface area (Å²) in [6.07, 6.45) is 0.929. The lowest BCUT2D eigenvalue weighted by atomic mass is 10.2. The minimum Gasteiger partial charge on any atom is -0.497 e. The first-order valence-electron chi connectivity index (χ1n) is 10.8. The smallest absolute Gasteiger partial charge is 0.191 e. The van der Waals surface area contributed by atoms with Gasteiger partial charge in [-0.3, -0.25) is 0 Å². The average molecular weight is 429 g/mol. The van der Waals surface area contributed by atoms with Crippen molar-refractivity contribution >= 4 is 11.6 Å². The fourth-order valence-electron chi connectivity index (χ4n) is 2.82. The van der Waals surface area contributed by atoms with E-state index in [0.717, 1.165) is 55.7 Å². The second-order valence-electron chi connectivity index (χ2n) is 6.96. The standard InChI is InChI=1S/C24H36N4O3/c1-4-31-16-5-14-26-24(28-19-21-8-12-23(30-3)13-9-21)27-18-20-6-10-22(11-7-20)25-15-17-29-2/h6-13,25H,4-5,14-19H2,1-3H3,(H2,26,27,28). The third kappa shape index (κ3) is 10.2. The lowest BCUT2D eigenvalue weighted by Gasteiger charge is -2.13. The van der Waals surface area contributed by atoms with Crippen molar-refractivity contribution in [3.8, 4) is 5.75 Å². The van der Waals surface area contributed by atoms with Gasteiger partial charge in [-0.2, -0.15) is 0 Å². The molecule has 0 bridgehead atoms. The zero-order valence-electron chi connectivity index (χ0n) is 18.9. The van der Waals surface area contributed by atoms with Crippen LogP contribution in [0.25, 0.3) is 0 Å². The maximum Gasteiger partial charge on any atom is 0.191 e. The van der Waals surface area contributed by atoms with Crippen LogP contribution in [0.4, 0.5) is 5.69 Å². The molecule has 0 saturated carbocycles. The van der Waals surface area contributed by atoms with Crippen molar-refractivity contribution in [3.63, 3.8) is 0 Å². The number of nitrogens with zero attached hydrogens (tertiary/aromatic N) is 1. The Morgan fingerprint density at radius 3 is 2.29 bits per heavy atom. The van der Waals surface area contributed by atoms with Crippen LogP contribution in [0.2, 0.25) is 0 Å². The third-order valence-electron chi connectivity index (χ3n) is 4.59. The number of ether oxygens (including phenoxy) is 3. The maximum absolute atomic E-state index is 5.42. The van der Waals surface area contributed by atoms with E-state index in [1.807, 2.05) is 31.2 Å². The van der Waals surface area contributed by atoms with Crippen LogP contribution in [0.15, 0.2) is 53.5 Å². The number of aliphatic imine (C=N–C) groups is 1. The summed E-state index contributed by atoms with van der Waals surface area (Å²) in [5.41, 5.74) is 3.40. The molecule has 0 heterocycles. The third-order valence-corrected chi connectivity index (χ3v) is 4.59. The van der Waals surface area contributed by atoms with E-state index < -0.39 is 0 Å². The number of methoxy groups -OCH3 is 2. The highest BCUT2D eigenvalue weighted by molar-refractivity contribution is 5.79. The van der Waals surface area contributed by atoms with E-state index in [9.17, 15) is 0 Å². The van der Waals surface area contributed by atoms with E-state index in [1.54, 1.807) is 14.2 Å². The van der Waals surface area contributed by atoms with Crippen molar-refractivity contribution in [2.24, 2.45) is 4.99 Å². The van der Waals surface area contributed by atoms with Gasteiger partial charge < -0.3 is 30.2 Å². The zero-order valence-corrected chi connectivity index (χ0v) is 18.9. The van der Waals surface area contributed by atoms with E-state index in [0.29, 0.717) is 19.7 Å². The topological polar surface area (TPSA) is 76.1 Å². The van der Waals surface area contributed by atoms with Crippen molar-refractivity contribution in [3.05, 3.63) is 59.7 Å². The highest BCUT2D eigenvalue weighted by Gasteiger charge is 2.01. The van der Waals surface area contributed by atoms with Gasteiger partial charge in [0.2, 0.25) is 0 Å². The van der Waals surface area contributed by atoms with Gasteiger partial charge in [0.05, 0.1) is 20.3 Å². The van der Waals surface area contributed by atoms with Crippen molar-refractivity contribution in [1.29, 1.82) is 0 Å². The average Bonchev–Trinajstić information content (AvgIpc) is 2.81. The summed E-state index contributed by atoms with van der Waals surface area (Å²) in [6.45, 7) is 7.06. The van der Waals surface area contributed by atoms with Gasteiger partial charge in [0, 0.05) is 45.6 Å². The zero-order chi connectivity index (χ0) is 22.2. The molecule has 0 aliphatic carbocycles. The molecular formula is C24H36N4O3. The summed E-state index contributed by atoms with van der Waals surface area (Å²) in [6, 6.07) is 16.4. The monoisotopic (exact) mass is 428 g/mol. The molecule has 0 aliphatic heterocycles. The van der Waals surface area contributed by atoms with Gasteiger partial charge in [-0.15, -0.1) is 0 Å². The molecule has 0 fully saturated rings. The molecule has 2 aromatic carbocycles. The Hall–Kier alpha value is -2.77. The van der Waals surface area contributed by atoms with E-state index >= 15 is 0 Å². The molecule has 3 N–H and O–H groups in total. The highest BCUT2D eigenvalue weighted by Crippen LogP contribution is 2.12. The van der Waals surface area contributed by atoms with Crippen LogP contribution >= 0.6 is 0 Å². The molecule has 2 aromatic rings. The molecule has 0 amide bonds. The predicted octanol–water partition coefficient (Wildman–Crippen LogP) is 3.42. The summed E-state index contributed by atoms with van der Waals surface area (Å²) < 4.78 is 15.7. The van der Waals surface area contributed by atoms with Crippen LogP contribution in [0.1, 0.15) is 24.5 Å². The lowest BCUT2D eigenvalue weighted by molar-refractivity contribution is 0.145. The number of hydrogen-bond donors (Lipinski definition) is 3. The number of nitrogens with one attached hydrogen (secondary N) is 3. The van der Waals surface area contributed by atoms with Crippen LogP contribution in [-0.2, 0) is 22.6 Å². The quantitative estimate of drug-likeness (QED) is 0.243. The predicted molar refractivity (Wildman–Crippen MR) is 127 cm³/mol. The van der Waals surface area contributed by atoms with Crippen LogP contribution in [0.5, 0.6) is 5.75 Å². The number of rotatable bonds is 14. The lowest BCUT2D eigenvalue weighted by Crippen LogP contribution is -2.37. The van der Waals surface area contributed by atoms with E-state index in [4.69, 9.17) is 19.2 Å².